The normalized spacial score (nSPS) is 12.1. The Bertz CT molecular complexity index is 660. The standard InChI is InChI=1S/C17H17N3/c1-13(16-11-12-18-20-16)19-17-10-6-5-9-15(17)14-7-3-2-4-8-14/h2-13,19H,1H3,(H,18,20). The lowest BCUT2D eigenvalue weighted by Gasteiger charge is -2.17. The van der Waals surface area contributed by atoms with Crippen molar-refractivity contribution in [1.82, 2.24) is 10.2 Å². The highest BCUT2D eigenvalue weighted by Crippen LogP contribution is 2.29. The number of anilines is 1. The number of rotatable bonds is 4. The minimum atomic E-state index is 0.183. The van der Waals surface area contributed by atoms with Gasteiger partial charge >= 0.3 is 0 Å². The molecule has 0 bridgehead atoms. The smallest absolute Gasteiger partial charge is 0.0651 e. The topological polar surface area (TPSA) is 40.7 Å². The highest BCUT2D eigenvalue weighted by Gasteiger charge is 2.09. The first kappa shape index (κ1) is 12.5. The Morgan fingerprint density at radius 1 is 0.950 bits per heavy atom. The zero-order valence-corrected chi connectivity index (χ0v) is 11.4. The van der Waals surface area contributed by atoms with Crippen LogP contribution in [-0.2, 0) is 0 Å². The van der Waals surface area contributed by atoms with Crippen molar-refractivity contribution in [3.8, 4) is 11.1 Å². The monoisotopic (exact) mass is 263 g/mol. The molecule has 2 N–H and O–H groups in total. The van der Waals surface area contributed by atoms with Gasteiger partial charge in [0.25, 0.3) is 0 Å². The van der Waals surface area contributed by atoms with Crippen LogP contribution in [0.5, 0.6) is 0 Å². The highest BCUT2D eigenvalue weighted by molar-refractivity contribution is 5.77. The van der Waals surface area contributed by atoms with Gasteiger partial charge in [0.2, 0.25) is 0 Å². The molecule has 1 unspecified atom stereocenters. The van der Waals surface area contributed by atoms with Gasteiger partial charge in [-0.2, -0.15) is 5.10 Å². The summed E-state index contributed by atoms with van der Waals surface area (Å²) in [4.78, 5) is 0. The first-order valence-corrected chi connectivity index (χ1v) is 6.75. The number of nitrogens with zero attached hydrogens (tertiary/aromatic N) is 1. The van der Waals surface area contributed by atoms with Crippen molar-refractivity contribution >= 4 is 5.69 Å². The van der Waals surface area contributed by atoms with E-state index in [1.54, 1.807) is 6.20 Å². The van der Waals surface area contributed by atoms with Crippen LogP contribution in [0.1, 0.15) is 18.7 Å². The predicted octanol–water partition coefficient (Wildman–Crippen LogP) is 4.25. The second-order valence-electron chi connectivity index (χ2n) is 4.79. The first-order chi connectivity index (χ1) is 9.84. The van der Waals surface area contributed by atoms with Gasteiger partial charge in [-0.1, -0.05) is 48.5 Å². The molecule has 0 aliphatic carbocycles. The van der Waals surface area contributed by atoms with Gasteiger partial charge in [-0.3, -0.25) is 5.10 Å². The summed E-state index contributed by atoms with van der Waals surface area (Å²) in [5.74, 6) is 0. The maximum Gasteiger partial charge on any atom is 0.0651 e. The van der Waals surface area contributed by atoms with Crippen LogP contribution in [0.25, 0.3) is 11.1 Å². The predicted molar refractivity (Wildman–Crippen MR) is 82.5 cm³/mol. The van der Waals surface area contributed by atoms with Gasteiger partial charge in [0, 0.05) is 17.4 Å². The molecule has 0 saturated carbocycles. The van der Waals surface area contributed by atoms with E-state index in [-0.39, 0.29) is 6.04 Å². The fraction of sp³-hybridized carbons (Fsp3) is 0.118. The number of hydrogen-bond donors (Lipinski definition) is 2. The average Bonchev–Trinajstić information content (AvgIpc) is 3.03. The van der Waals surface area contributed by atoms with Gasteiger partial charge in [0.15, 0.2) is 0 Å². The number of H-pyrrole nitrogens is 1. The lowest BCUT2D eigenvalue weighted by molar-refractivity contribution is 0.826. The summed E-state index contributed by atoms with van der Waals surface area (Å²) in [5, 5.41) is 10.5. The summed E-state index contributed by atoms with van der Waals surface area (Å²) in [6.07, 6.45) is 1.77. The molecule has 0 amide bonds. The fourth-order valence-electron chi connectivity index (χ4n) is 2.30. The third kappa shape index (κ3) is 2.57. The molecule has 0 fully saturated rings. The largest absolute Gasteiger partial charge is 0.376 e. The molecule has 1 heterocycles. The van der Waals surface area contributed by atoms with Gasteiger partial charge in [-0.05, 0) is 24.6 Å². The van der Waals surface area contributed by atoms with E-state index in [4.69, 9.17) is 0 Å². The summed E-state index contributed by atoms with van der Waals surface area (Å²) >= 11 is 0. The summed E-state index contributed by atoms with van der Waals surface area (Å²) in [6.45, 7) is 2.12. The van der Waals surface area contributed by atoms with Gasteiger partial charge in [0.1, 0.15) is 0 Å². The van der Waals surface area contributed by atoms with Crippen molar-refractivity contribution < 1.29 is 0 Å². The van der Waals surface area contributed by atoms with E-state index in [9.17, 15) is 0 Å². The second-order valence-corrected chi connectivity index (χ2v) is 4.79. The Labute approximate surface area is 118 Å². The molecular weight excluding hydrogens is 246 g/mol. The van der Waals surface area contributed by atoms with Crippen molar-refractivity contribution in [3.63, 3.8) is 0 Å². The van der Waals surface area contributed by atoms with Gasteiger partial charge in [-0.25, -0.2) is 0 Å². The lowest BCUT2D eigenvalue weighted by atomic mass is 10.0. The Balaban J connectivity index is 1.91. The Kier molecular flexibility index (Phi) is 3.50. The van der Waals surface area contributed by atoms with E-state index in [0.29, 0.717) is 0 Å². The molecule has 100 valence electrons. The third-order valence-corrected chi connectivity index (χ3v) is 3.37. The van der Waals surface area contributed by atoms with Crippen LogP contribution in [0.4, 0.5) is 5.69 Å². The number of benzene rings is 2. The van der Waals surface area contributed by atoms with Gasteiger partial charge < -0.3 is 5.32 Å². The van der Waals surface area contributed by atoms with E-state index in [1.165, 1.54) is 11.1 Å². The van der Waals surface area contributed by atoms with Gasteiger partial charge in [-0.15, -0.1) is 0 Å². The van der Waals surface area contributed by atoms with Crippen LogP contribution >= 0.6 is 0 Å². The molecule has 2 aromatic carbocycles. The van der Waals surface area contributed by atoms with E-state index in [2.05, 4.69) is 71.0 Å². The summed E-state index contributed by atoms with van der Waals surface area (Å²) in [5.41, 5.74) is 4.63. The lowest BCUT2D eigenvalue weighted by Crippen LogP contribution is -2.07. The number of nitrogens with one attached hydrogen (secondary N) is 2. The maximum atomic E-state index is 4.00. The number of para-hydroxylation sites is 1. The molecule has 0 spiro atoms. The number of hydrogen-bond acceptors (Lipinski definition) is 2. The van der Waals surface area contributed by atoms with Crippen LogP contribution < -0.4 is 5.32 Å². The molecular formula is C17H17N3. The van der Waals surface area contributed by atoms with E-state index >= 15 is 0 Å². The van der Waals surface area contributed by atoms with E-state index < -0.39 is 0 Å². The van der Waals surface area contributed by atoms with E-state index in [1.807, 2.05) is 12.1 Å². The number of aromatic amines is 1. The summed E-state index contributed by atoms with van der Waals surface area (Å²) in [7, 11) is 0. The Morgan fingerprint density at radius 2 is 1.70 bits per heavy atom. The average molecular weight is 263 g/mol. The molecule has 1 atom stereocenters. The molecule has 0 aliphatic heterocycles. The van der Waals surface area contributed by atoms with Crippen LogP contribution in [0.2, 0.25) is 0 Å². The third-order valence-electron chi connectivity index (χ3n) is 3.37. The quantitative estimate of drug-likeness (QED) is 0.738. The highest BCUT2D eigenvalue weighted by atomic mass is 15.1. The minimum absolute atomic E-state index is 0.183. The second kappa shape index (κ2) is 5.61. The van der Waals surface area contributed by atoms with E-state index in [0.717, 1.165) is 11.4 Å². The molecule has 1 aromatic heterocycles. The van der Waals surface area contributed by atoms with Crippen molar-refractivity contribution in [2.75, 3.05) is 5.32 Å². The van der Waals surface area contributed by atoms with Crippen LogP contribution in [0, 0.1) is 0 Å². The maximum absolute atomic E-state index is 4.00. The summed E-state index contributed by atoms with van der Waals surface area (Å²) < 4.78 is 0. The molecule has 3 aromatic rings. The molecule has 0 aliphatic rings. The molecule has 3 heteroatoms. The molecule has 0 saturated heterocycles. The first-order valence-electron chi connectivity index (χ1n) is 6.75. The Hall–Kier alpha value is -2.55. The van der Waals surface area contributed by atoms with Crippen LogP contribution in [-0.4, -0.2) is 10.2 Å². The zero-order valence-electron chi connectivity index (χ0n) is 11.4. The van der Waals surface area contributed by atoms with Crippen LogP contribution in [0.3, 0.4) is 0 Å². The molecule has 3 rings (SSSR count). The van der Waals surface area contributed by atoms with Crippen LogP contribution in [0.15, 0.2) is 66.9 Å². The molecule has 0 radical (unpaired) electrons. The molecule has 20 heavy (non-hydrogen) atoms. The van der Waals surface area contributed by atoms with Crippen molar-refractivity contribution in [2.45, 2.75) is 13.0 Å². The fourth-order valence-corrected chi connectivity index (χ4v) is 2.30. The van der Waals surface area contributed by atoms with Crippen molar-refractivity contribution in [3.05, 3.63) is 72.6 Å². The van der Waals surface area contributed by atoms with Gasteiger partial charge in [0.05, 0.1) is 11.7 Å². The molecule has 3 nitrogen and oxygen atoms in total. The summed E-state index contributed by atoms with van der Waals surface area (Å²) in [6, 6.07) is 20.9. The van der Waals surface area contributed by atoms with Crippen molar-refractivity contribution in [1.29, 1.82) is 0 Å². The SMILES string of the molecule is CC(Nc1ccccc1-c1ccccc1)c1ccn[nH]1. The minimum Gasteiger partial charge on any atom is -0.376 e. The Morgan fingerprint density at radius 3 is 2.45 bits per heavy atom. The zero-order chi connectivity index (χ0) is 13.8. The van der Waals surface area contributed by atoms with Crippen molar-refractivity contribution in [2.24, 2.45) is 0 Å². The number of aromatic nitrogens is 2.